The molecule has 1 aromatic carbocycles. The van der Waals surface area contributed by atoms with Crippen molar-refractivity contribution in [2.24, 2.45) is 11.8 Å². The van der Waals surface area contributed by atoms with Gasteiger partial charge in [-0.2, -0.15) is 0 Å². The zero-order chi connectivity index (χ0) is 17.9. The number of rotatable bonds is 4. The predicted octanol–water partition coefficient (Wildman–Crippen LogP) is 0.409. The number of aliphatic hydroxyl groups is 1. The van der Waals surface area contributed by atoms with E-state index in [-0.39, 0.29) is 17.1 Å². The molecule has 1 aromatic rings. The number of nitrogens with zero attached hydrogens (tertiary/aromatic N) is 2. The highest BCUT2D eigenvalue weighted by Gasteiger charge is 2.67. The van der Waals surface area contributed by atoms with Crippen LogP contribution in [0.5, 0.6) is 5.75 Å². The molecule has 0 radical (unpaired) electrons. The van der Waals surface area contributed by atoms with Crippen LogP contribution in [0, 0.1) is 22.0 Å². The van der Waals surface area contributed by atoms with Gasteiger partial charge >= 0.3 is 0 Å². The van der Waals surface area contributed by atoms with Crippen molar-refractivity contribution in [3.8, 4) is 5.75 Å². The second kappa shape index (κ2) is 5.11. The van der Waals surface area contributed by atoms with E-state index in [1.54, 1.807) is 12.2 Å². The van der Waals surface area contributed by atoms with Gasteiger partial charge in [-0.05, 0) is 6.07 Å². The topological polar surface area (TPSA) is 119 Å². The second-order valence-corrected chi connectivity index (χ2v) is 6.18. The molecule has 4 rings (SSSR count). The van der Waals surface area contributed by atoms with Crippen LogP contribution in [-0.2, 0) is 14.3 Å². The Hall–Kier alpha value is -2.78. The third-order valence-corrected chi connectivity index (χ3v) is 5.02. The molecular weight excluding hydrogens is 332 g/mol. The number of carbonyl (C=O) groups excluding carboxylic acids is 2. The van der Waals surface area contributed by atoms with E-state index in [0.29, 0.717) is 0 Å². The lowest BCUT2D eigenvalue weighted by Gasteiger charge is -2.26. The highest BCUT2D eigenvalue weighted by molar-refractivity contribution is 6.24. The lowest BCUT2D eigenvalue weighted by atomic mass is 9.77. The Morgan fingerprint density at radius 1 is 1.40 bits per heavy atom. The maximum atomic E-state index is 13.0. The average Bonchev–Trinajstić information content (AvgIpc) is 3.25. The Morgan fingerprint density at radius 3 is 2.80 bits per heavy atom. The number of fused-ring (bicyclic) bond motifs is 5. The van der Waals surface area contributed by atoms with Crippen LogP contribution in [0.4, 0.5) is 11.4 Å². The summed E-state index contributed by atoms with van der Waals surface area (Å²) in [5, 5.41) is 20.7. The van der Waals surface area contributed by atoms with Crippen molar-refractivity contribution in [2.75, 3.05) is 18.6 Å². The number of nitro benzene ring substituents is 1. The van der Waals surface area contributed by atoms with Crippen LogP contribution in [0.3, 0.4) is 0 Å². The minimum absolute atomic E-state index is 0.0218. The molecular formula is C16H14N2O7. The monoisotopic (exact) mass is 346 g/mol. The maximum Gasteiger partial charge on any atom is 0.271 e. The fourth-order valence-corrected chi connectivity index (χ4v) is 3.89. The first-order chi connectivity index (χ1) is 11.9. The quantitative estimate of drug-likeness (QED) is 0.363. The Kier molecular flexibility index (Phi) is 3.21. The molecule has 2 saturated heterocycles. The maximum absolute atomic E-state index is 13.0. The highest BCUT2D eigenvalue weighted by atomic mass is 16.6. The molecule has 25 heavy (non-hydrogen) atoms. The number of benzene rings is 1. The van der Waals surface area contributed by atoms with Gasteiger partial charge in [0.1, 0.15) is 17.0 Å². The van der Waals surface area contributed by atoms with Crippen LogP contribution in [0.1, 0.15) is 0 Å². The molecule has 0 aliphatic carbocycles. The lowest BCUT2D eigenvalue weighted by Crippen LogP contribution is -2.43. The van der Waals surface area contributed by atoms with Gasteiger partial charge in [0.2, 0.25) is 11.8 Å². The van der Waals surface area contributed by atoms with Gasteiger partial charge < -0.3 is 14.6 Å². The summed E-state index contributed by atoms with van der Waals surface area (Å²) in [4.78, 5) is 37.2. The van der Waals surface area contributed by atoms with Gasteiger partial charge in [0.05, 0.1) is 36.6 Å². The van der Waals surface area contributed by atoms with E-state index < -0.39 is 46.9 Å². The third kappa shape index (κ3) is 1.90. The molecule has 3 aliphatic heterocycles. The second-order valence-electron chi connectivity index (χ2n) is 6.18. The number of aliphatic hydroxyl groups excluding tert-OH is 1. The number of carbonyl (C=O) groups is 2. The Bertz CT molecular complexity index is 836. The van der Waals surface area contributed by atoms with Gasteiger partial charge in [-0.1, -0.05) is 12.2 Å². The molecule has 9 nitrogen and oxygen atoms in total. The molecule has 0 aromatic heterocycles. The Balaban J connectivity index is 1.81. The van der Waals surface area contributed by atoms with Gasteiger partial charge in [-0.15, -0.1) is 0 Å². The van der Waals surface area contributed by atoms with Crippen LogP contribution in [0.2, 0.25) is 0 Å². The normalized spacial score (nSPS) is 32.4. The zero-order valence-electron chi connectivity index (χ0n) is 13.1. The minimum Gasteiger partial charge on any atom is -0.495 e. The van der Waals surface area contributed by atoms with Crippen LogP contribution >= 0.6 is 0 Å². The SMILES string of the molecule is COc1ccc([N+](=O)[O-])cc1N1C(=O)[C@H]2[C@@H](C1=O)[C@@]1(CO)C=C[C@H]2O1. The number of amides is 2. The number of hydrogen-bond donors (Lipinski definition) is 1. The van der Waals surface area contributed by atoms with Gasteiger partial charge in [0.25, 0.3) is 5.69 Å². The predicted molar refractivity (Wildman–Crippen MR) is 83.0 cm³/mol. The average molecular weight is 346 g/mol. The van der Waals surface area contributed by atoms with Crippen molar-refractivity contribution in [1.82, 2.24) is 0 Å². The van der Waals surface area contributed by atoms with Crippen LogP contribution in [0.15, 0.2) is 30.4 Å². The number of nitro groups is 1. The number of imide groups is 1. The summed E-state index contributed by atoms with van der Waals surface area (Å²) in [7, 11) is 1.35. The number of methoxy groups -OCH3 is 1. The largest absolute Gasteiger partial charge is 0.495 e. The highest BCUT2D eigenvalue weighted by Crippen LogP contribution is 2.53. The summed E-state index contributed by atoms with van der Waals surface area (Å²) in [5.74, 6) is -2.52. The summed E-state index contributed by atoms with van der Waals surface area (Å²) >= 11 is 0. The molecule has 9 heteroatoms. The zero-order valence-corrected chi connectivity index (χ0v) is 13.1. The minimum atomic E-state index is -1.22. The number of ether oxygens (including phenoxy) is 2. The molecule has 0 spiro atoms. The summed E-state index contributed by atoms with van der Waals surface area (Å²) < 4.78 is 10.8. The van der Waals surface area contributed by atoms with Crippen molar-refractivity contribution in [1.29, 1.82) is 0 Å². The molecule has 1 N–H and O–H groups in total. The van der Waals surface area contributed by atoms with E-state index in [1.165, 1.54) is 19.2 Å². The summed E-state index contributed by atoms with van der Waals surface area (Å²) in [6, 6.07) is 3.71. The standard InChI is InChI=1S/C16H14N2O7/c1-24-10-3-2-8(18(22)23)6-9(10)17-14(20)12-11-4-5-16(7-19,25-11)13(12)15(17)21/h2-6,11-13,19H,7H2,1H3/t11-,12-,13+,16+/m1/s1. The number of anilines is 1. The van der Waals surface area contributed by atoms with Gasteiger partial charge in [-0.3, -0.25) is 19.7 Å². The first-order valence-electron chi connectivity index (χ1n) is 7.62. The van der Waals surface area contributed by atoms with Crippen molar-refractivity contribution in [3.63, 3.8) is 0 Å². The molecule has 130 valence electrons. The smallest absolute Gasteiger partial charge is 0.271 e. The molecule has 3 aliphatic rings. The summed E-state index contributed by atoms with van der Waals surface area (Å²) in [5.41, 5.74) is -1.46. The molecule has 4 atom stereocenters. The number of hydrogen-bond acceptors (Lipinski definition) is 7. The van der Waals surface area contributed by atoms with E-state index in [0.717, 1.165) is 11.0 Å². The molecule has 2 bridgehead atoms. The van der Waals surface area contributed by atoms with E-state index >= 15 is 0 Å². The van der Waals surface area contributed by atoms with E-state index in [9.17, 15) is 24.8 Å². The van der Waals surface area contributed by atoms with E-state index in [2.05, 4.69) is 0 Å². The molecule has 0 saturated carbocycles. The van der Waals surface area contributed by atoms with E-state index in [1.807, 2.05) is 0 Å². The van der Waals surface area contributed by atoms with Crippen molar-refractivity contribution in [3.05, 3.63) is 40.5 Å². The van der Waals surface area contributed by atoms with Crippen molar-refractivity contribution in [2.45, 2.75) is 11.7 Å². The first-order valence-corrected chi connectivity index (χ1v) is 7.62. The van der Waals surface area contributed by atoms with Crippen molar-refractivity contribution >= 4 is 23.2 Å². The Morgan fingerprint density at radius 2 is 2.16 bits per heavy atom. The molecule has 0 unspecified atom stereocenters. The van der Waals surface area contributed by atoms with Crippen molar-refractivity contribution < 1.29 is 29.1 Å². The fraction of sp³-hybridized carbons (Fsp3) is 0.375. The third-order valence-electron chi connectivity index (χ3n) is 5.02. The summed E-state index contributed by atoms with van der Waals surface area (Å²) in [6.45, 7) is -0.430. The van der Waals surface area contributed by atoms with Gasteiger partial charge in [-0.25, -0.2) is 4.90 Å². The summed E-state index contributed by atoms with van der Waals surface area (Å²) in [6.07, 6.45) is 2.68. The first kappa shape index (κ1) is 15.7. The lowest BCUT2D eigenvalue weighted by molar-refractivity contribution is -0.384. The molecule has 2 amide bonds. The van der Waals surface area contributed by atoms with Gasteiger partial charge in [0, 0.05) is 12.1 Å². The fourth-order valence-electron chi connectivity index (χ4n) is 3.89. The van der Waals surface area contributed by atoms with Crippen LogP contribution < -0.4 is 9.64 Å². The van der Waals surface area contributed by atoms with Gasteiger partial charge in [0.15, 0.2) is 0 Å². The molecule has 3 heterocycles. The van der Waals surface area contributed by atoms with Crippen LogP contribution in [-0.4, -0.2) is 47.3 Å². The van der Waals surface area contributed by atoms with E-state index in [4.69, 9.17) is 9.47 Å². The molecule has 2 fully saturated rings. The van der Waals surface area contributed by atoms with Crippen LogP contribution in [0.25, 0.3) is 0 Å². The number of non-ortho nitro benzene ring substituents is 1. The Labute approximate surface area is 141 Å².